The van der Waals surface area contributed by atoms with Crippen molar-refractivity contribution in [3.63, 3.8) is 0 Å². The Kier molecular flexibility index (Phi) is 9.87. The topological polar surface area (TPSA) is 86.8 Å². The first-order valence-electron chi connectivity index (χ1n) is 13.7. The number of amides is 2. The van der Waals surface area contributed by atoms with Gasteiger partial charge in [0.25, 0.3) is 10.0 Å². The fourth-order valence-corrected chi connectivity index (χ4v) is 6.87. The Labute approximate surface area is 242 Å². The molecule has 0 aliphatic heterocycles. The van der Waals surface area contributed by atoms with E-state index in [9.17, 15) is 18.0 Å². The van der Waals surface area contributed by atoms with Crippen LogP contribution < -0.4 is 9.62 Å². The molecule has 3 aromatic carbocycles. The molecule has 0 spiro atoms. The molecule has 1 atom stereocenters. The number of sulfonamides is 1. The third kappa shape index (κ3) is 6.85. The summed E-state index contributed by atoms with van der Waals surface area (Å²) >= 11 is 6.47. The predicted octanol–water partition coefficient (Wildman–Crippen LogP) is 5.71. The SMILES string of the molecule is CC[C@@H](C(=O)NC1CCCC1)N(Cc1ccccc1Cl)C(=O)CN(c1ccccc1C)S(=O)(=O)c1ccccc1. The molecule has 0 aromatic heterocycles. The summed E-state index contributed by atoms with van der Waals surface area (Å²) in [6, 6.07) is 21.6. The molecule has 3 aromatic rings. The van der Waals surface area contributed by atoms with Crippen molar-refractivity contribution in [1.82, 2.24) is 10.2 Å². The lowest BCUT2D eigenvalue weighted by Crippen LogP contribution is -2.53. The lowest BCUT2D eigenvalue weighted by Gasteiger charge is -2.34. The van der Waals surface area contributed by atoms with Crippen molar-refractivity contribution in [3.05, 3.63) is 95.0 Å². The van der Waals surface area contributed by atoms with Gasteiger partial charge in [0.05, 0.1) is 10.6 Å². The van der Waals surface area contributed by atoms with E-state index in [0.717, 1.165) is 30.0 Å². The van der Waals surface area contributed by atoms with Crippen LogP contribution in [0.2, 0.25) is 5.02 Å². The molecular formula is C31H36ClN3O4S. The van der Waals surface area contributed by atoms with E-state index < -0.39 is 28.5 Å². The van der Waals surface area contributed by atoms with Crippen LogP contribution >= 0.6 is 11.6 Å². The second-order valence-corrected chi connectivity index (χ2v) is 12.4. The zero-order chi connectivity index (χ0) is 28.7. The Balaban J connectivity index is 1.72. The Hall–Kier alpha value is -3.36. The van der Waals surface area contributed by atoms with E-state index in [4.69, 9.17) is 11.6 Å². The van der Waals surface area contributed by atoms with E-state index >= 15 is 0 Å². The van der Waals surface area contributed by atoms with Crippen molar-refractivity contribution in [3.8, 4) is 0 Å². The normalized spacial score (nSPS) is 14.5. The van der Waals surface area contributed by atoms with Gasteiger partial charge in [0, 0.05) is 17.6 Å². The molecular weight excluding hydrogens is 546 g/mol. The molecule has 0 bridgehead atoms. The van der Waals surface area contributed by atoms with E-state index in [-0.39, 0.29) is 23.4 Å². The Morgan fingerprint density at radius 1 is 0.950 bits per heavy atom. The highest BCUT2D eigenvalue weighted by molar-refractivity contribution is 7.92. The van der Waals surface area contributed by atoms with E-state index in [0.29, 0.717) is 28.3 Å². The second kappa shape index (κ2) is 13.3. The zero-order valence-corrected chi connectivity index (χ0v) is 24.5. The lowest BCUT2D eigenvalue weighted by molar-refractivity contribution is -0.140. The molecule has 1 saturated carbocycles. The standard InChI is InChI=1S/C31H36ClN3O4S/c1-3-28(31(37)33-25-15-9-10-16-25)34(21-24-14-8-11-19-27(24)32)30(36)22-35(29-20-12-7-13-23(29)2)40(38,39)26-17-5-4-6-18-26/h4-8,11-14,17-20,25,28H,3,9-10,15-16,21-22H2,1-2H3,(H,33,37)/t28-/m0/s1. The van der Waals surface area contributed by atoms with E-state index in [2.05, 4.69) is 5.32 Å². The van der Waals surface area contributed by atoms with Crippen LogP contribution in [0.3, 0.4) is 0 Å². The van der Waals surface area contributed by atoms with Crippen LogP contribution in [0.25, 0.3) is 0 Å². The molecule has 0 heterocycles. The van der Waals surface area contributed by atoms with Gasteiger partial charge in [-0.25, -0.2) is 8.42 Å². The minimum absolute atomic E-state index is 0.0715. The lowest BCUT2D eigenvalue weighted by atomic mass is 10.1. The number of rotatable bonds is 11. The molecule has 0 unspecified atom stereocenters. The van der Waals surface area contributed by atoms with Gasteiger partial charge in [-0.2, -0.15) is 0 Å². The second-order valence-electron chi connectivity index (χ2n) is 10.1. The number of halogens is 1. The minimum atomic E-state index is -4.10. The number of nitrogens with one attached hydrogen (secondary N) is 1. The maximum atomic E-state index is 14.2. The van der Waals surface area contributed by atoms with Gasteiger partial charge in [0.1, 0.15) is 12.6 Å². The number of para-hydroxylation sites is 1. The van der Waals surface area contributed by atoms with Gasteiger partial charge in [-0.1, -0.05) is 86.0 Å². The Morgan fingerprint density at radius 3 is 2.23 bits per heavy atom. The van der Waals surface area contributed by atoms with Gasteiger partial charge in [-0.15, -0.1) is 0 Å². The number of benzene rings is 3. The van der Waals surface area contributed by atoms with Crippen molar-refractivity contribution in [2.45, 2.75) is 69.5 Å². The third-order valence-corrected chi connectivity index (χ3v) is 9.52. The highest BCUT2D eigenvalue weighted by Crippen LogP contribution is 2.28. The molecule has 1 fully saturated rings. The summed E-state index contributed by atoms with van der Waals surface area (Å²) in [6.07, 6.45) is 4.32. The molecule has 1 aliphatic carbocycles. The Bertz CT molecular complexity index is 1430. The molecule has 0 saturated heterocycles. The fourth-order valence-electron chi connectivity index (χ4n) is 5.17. The largest absolute Gasteiger partial charge is 0.352 e. The molecule has 1 N–H and O–H groups in total. The summed E-state index contributed by atoms with van der Waals surface area (Å²) in [6.45, 7) is 3.26. The van der Waals surface area contributed by atoms with Crippen molar-refractivity contribution in [1.29, 1.82) is 0 Å². The highest BCUT2D eigenvalue weighted by Gasteiger charge is 2.35. The summed E-state index contributed by atoms with van der Waals surface area (Å²) in [7, 11) is -4.10. The van der Waals surface area contributed by atoms with Crippen molar-refractivity contribution < 1.29 is 18.0 Å². The summed E-state index contributed by atoms with van der Waals surface area (Å²) in [5.74, 6) is -0.723. The smallest absolute Gasteiger partial charge is 0.264 e. The molecule has 9 heteroatoms. The summed E-state index contributed by atoms with van der Waals surface area (Å²) in [5, 5.41) is 3.59. The average molecular weight is 582 g/mol. The maximum absolute atomic E-state index is 14.2. The quantitative estimate of drug-likeness (QED) is 0.314. The predicted molar refractivity (Wildman–Crippen MR) is 159 cm³/mol. The maximum Gasteiger partial charge on any atom is 0.264 e. The van der Waals surface area contributed by atoms with Crippen LogP contribution in [-0.2, 0) is 26.2 Å². The first-order valence-corrected chi connectivity index (χ1v) is 15.5. The summed E-state index contributed by atoms with van der Waals surface area (Å²) in [5.41, 5.74) is 1.79. The first-order chi connectivity index (χ1) is 19.2. The van der Waals surface area contributed by atoms with Crippen LogP contribution in [0.4, 0.5) is 5.69 Å². The molecule has 2 amide bonds. The van der Waals surface area contributed by atoms with Crippen LogP contribution in [0.15, 0.2) is 83.8 Å². The van der Waals surface area contributed by atoms with Gasteiger partial charge >= 0.3 is 0 Å². The molecule has 212 valence electrons. The van der Waals surface area contributed by atoms with Crippen molar-refractivity contribution in [2.24, 2.45) is 0 Å². The summed E-state index contributed by atoms with van der Waals surface area (Å²) < 4.78 is 29.0. The monoisotopic (exact) mass is 581 g/mol. The van der Waals surface area contributed by atoms with Crippen LogP contribution in [0.5, 0.6) is 0 Å². The number of carbonyl (C=O) groups excluding carboxylic acids is 2. The van der Waals surface area contributed by atoms with Crippen LogP contribution in [0, 0.1) is 6.92 Å². The van der Waals surface area contributed by atoms with Crippen LogP contribution in [-0.4, -0.2) is 43.8 Å². The number of hydrogen-bond acceptors (Lipinski definition) is 4. The summed E-state index contributed by atoms with van der Waals surface area (Å²) in [4.78, 5) is 29.2. The molecule has 1 aliphatic rings. The number of carbonyl (C=O) groups is 2. The zero-order valence-electron chi connectivity index (χ0n) is 22.9. The number of nitrogens with zero attached hydrogens (tertiary/aromatic N) is 2. The highest BCUT2D eigenvalue weighted by atomic mass is 35.5. The number of anilines is 1. The molecule has 4 rings (SSSR count). The van der Waals surface area contributed by atoms with Gasteiger partial charge < -0.3 is 10.2 Å². The van der Waals surface area contributed by atoms with Gasteiger partial charge in [-0.3, -0.25) is 13.9 Å². The number of aryl methyl sites for hydroxylation is 1. The minimum Gasteiger partial charge on any atom is -0.352 e. The number of hydrogen-bond donors (Lipinski definition) is 1. The first kappa shape index (κ1) is 29.6. The van der Waals surface area contributed by atoms with Gasteiger partial charge in [0.15, 0.2) is 0 Å². The Morgan fingerprint density at radius 2 is 1.57 bits per heavy atom. The van der Waals surface area contributed by atoms with E-state index in [1.165, 1.54) is 17.0 Å². The van der Waals surface area contributed by atoms with Crippen molar-refractivity contribution in [2.75, 3.05) is 10.8 Å². The van der Waals surface area contributed by atoms with Gasteiger partial charge in [0.2, 0.25) is 11.8 Å². The van der Waals surface area contributed by atoms with Crippen molar-refractivity contribution >= 4 is 39.1 Å². The molecule has 40 heavy (non-hydrogen) atoms. The van der Waals surface area contributed by atoms with E-state index in [1.54, 1.807) is 55.5 Å². The van der Waals surface area contributed by atoms with Crippen LogP contribution in [0.1, 0.15) is 50.2 Å². The molecule has 0 radical (unpaired) electrons. The fraction of sp³-hybridized carbons (Fsp3) is 0.355. The van der Waals surface area contributed by atoms with E-state index in [1.807, 2.05) is 25.1 Å². The molecule has 7 nitrogen and oxygen atoms in total. The average Bonchev–Trinajstić information content (AvgIpc) is 3.46. The van der Waals surface area contributed by atoms with Gasteiger partial charge in [-0.05, 0) is 61.6 Å². The third-order valence-electron chi connectivity index (χ3n) is 7.38.